The fourth-order valence-corrected chi connectivity index (χ4v) is 2.32. The van der Waals surface area contributed by atoms with E-state index >= 15 is 0 Å². The fourth-order valence-electron chi connectivity index (χ4n) is 2.12. The van der Waals surface area contributed by atoms with Gasteiger partial charge in [0.2, 0.25) is 0 Å². The summed E-state index contributed by atoms with van der Waals surface area (Å²) in [7, 11) is 2.10. The van der Waals surface area contributed by atoms with Crippen LogP contribution in [0.25, 0.3) is 0 Å². The summed E-state index contributed by atoms with van der Waals surface area (Å²) >= 11 is 5.95. The Morgan fingerprint density at radius 2 is 2.21 bits per heavy atom. The van der Waals surface area contributed by atoms with Gasteiger partial charge in [0, 0.05) is 30.1 Å². The van der Waals surface area contributed by atoms with Gasteiger partial charge >= 0.3 is 0 Å². The SMILES string of the molecule is CN1C[C@H](N)[C@H](c2cccc(Cl)c2)C1. The number of likely N-dealkylation sites (N-methyl/N-ethyl adjacent to an activating group) is 1. The zero-order valence-electron chi connectivity index (χ0n) is 8.28. The smallest absolute Gasteiger partial charge is 0.0408 e. The van der Waals surface area contributed by atoms with Crippen molar-refractivity contribution in [1.29, 1.82) is 0 Å². The monoisotopic (exact) mass is 210 g/mol. The van der Waals surface area contributed by atoms with Crippen LogP contribution in [0, 0.1) is 0 Å². The summed E-state index contributed by atoms with van der Waals surface area (Å²) in [5, 5.41) is 0.796. The maximum absolute atomic E-state index is 6.07. The number of nitrogens with zero attached hydrogens (tertiary/aromatic N) is 1. The molecule has 0 amide bonds. The highest BCUT2D eigenvalue weighted by molar-refractivity contribution is 6.30. The normalized spacial score (nSPS) is 28.2. The van der Waals surface area contributed by atoms with Gasteiger partial charge in [-0.05, 0) is 24.7 Å². The van der Waals surface area contributed by atoms with Gasteiger partial charge in [-0.25, -0.2) is 0 Å². The van der Waals surface area contributed by atoms with Crippen LogP contribution in [0.5, 0.6) is 0 Å². The summed E-state index contributed by atoms with van der Waals surface area (Å²) in [6.07, 6.45) is 0. The molecule has 0 radical (unpaired) electrons. The molecule has 1 fully saturated rings. The van der Waals surface area contributed by atoms with Gasteiger partial charge in [-0.3, -0.25) is 0 Å². The minimum absolute atomic E-state index is 0.235. The molecule has 1 aliphatic heterocycles. The van der Waals surface area contributed by atoms with Gasteiger partial charge in [0.1, 0.15) is 0 Å². The van der Waals surface area contributed by atoms with Gasteiger partial charge in [-0.2, -0.15) is 0 Å². The number of halogens is 1. The first-order valence-electron chi connectivity index (χ1n) is 4.86. The van der Waals surface area contributed by atoms with Crippen molar-refractivity contribution in [3.63, 3.8) is 0 Å². The molecule has 0 aromatic heterocycles. The first-order valence-corrected chi connectivity index (χ1v) is 5.24. The third-order valence-electron chi connectivity index (χ3n) is 2.82. The lowest BCUT2D eigenvalue weighted by atomic mass is 9.95. The Balaban J connectivity index is 2.23. The second-order valence-corrected chi connectivity index (χ2v) is 4.48. The Labute approximate surface area is 89.7 Å². The van der Waals surface area contributed by atoms with E-state index < -0.39 is 0 Å². The van der Waals surface area contributed by atoms with Gasteiger partial charge in [0.05, 0.1) is 0 Å². The van der Waals surface area contributed by atoms with Crippen LogP contribution in [-0.2, 0) is 0 Å². The Kier molecular flexibility index (Phi) is 2.77. The molecule has 2 atom stereocenters. The second kappa shape index (κ2) is 3.89. The van der Waals surface area contributed by atoms with Gasteiger partial charge in [0.25, 0.3) is 0 Å². The van der Waals surface area contributed by atoms with Crippen molar-refractivity contribution in [3.8, 4) is 0 Å². The van der Waals surface area contributed by atoms with Crippen LogP contribution in [0.3, 0.4) is 0 Å². The van der Waals surface area contributed by atoms with Crippen LogP contribution >= 0.6 is 11.6 Å². The molecule has 1 aromatic rings. The molecule has 0 aliphatic carbocycles. The largest absolute Gasteiger partial charge is 0.326 e. The van der Waals surface area contributed by atoms with Crippen molar-refractivity contribution >= 4 is 11.6 Å². The molecule has 1 saturated heterocycles. The Bertz CT molecular complexity index is 327. The molecule has 2 N–H and O–H groups in total. The Hall–Kier alpha value is -0.570. The topological polar surface area (TPSA) is 29.3 Å². The summed E-state index contributed by atoms with van der Waals surface area (Å²) in [6.45, 7) is 2.00. The molecule has 14 heavy (non-hydrogen) atoms. The van der Waals surface area contributed by atoms with Crippen LogP contribution < -0.4 is 5.73 Å². The lowest BCUT2D eigenvalue weighted by molar-refractivity contribution is 0.407. The molecule has 0 spiro atoms. The van der Waals surface area contributed by atoms with E-state index in [2.05, 4.69) is 18.0 Å². The van der Waals surface area contributed by atoms with Crippen LogP contribution in [0.2, 0.25) is 5.02 Å². The molecule has 0 unspecified atom stereocenters. The lowest BCUT2D eigenvalue weighted by Gasteiger charge is -2.14. The summed E-state index contributed by atoms with van der Waals surface area (Å²) in [5.41, 5.74) is 7.33. The molecule has 1 aliphatic rings. The second-order valence-electron chi connectivity index (χ2n) is 4.05. The molecule has 0 bridgehead atoms. The van der Waals surface area contributed by atoms with Crippen molar-refractivity contribution in [2.45, 2.75) is 12.0 Å². The van der Waals surface area contributed by atoms with E-state index in [1.54, 1.807) is 0 Å². The zero-order valence-corrected chi connectivity index (χ0v) is 9.04. The van der Waals surface area contributed by atoms with Crippen molar-refractivity contribution in [3.05, 3.63) is 34.9 Å². The number of rotatable bonds is 1. The van der Waals surface area contributed by atoms with Gasteiger partial charge in [0.15, 0.2) is 0 Å². The zero-order chi connectivity index (χ0) is 10.1. The Morgan fingerprint density at radius 1 is 1.43 bits per heavy atom. The molecular weight excluding hydrogens is 196 g/mol. The average Bonchev–Trinajstić information content (AvgIpc) is 2.45. The molecule has 2 nitrogen and oxygen atoms in total. The molecule has 2 rings (SSSR count). The summed E-state index contributed by atoms with van der Waals surface area (Å²) in [4.78, 5) is 2.26. The molecule has 3 heteroatoms. The van der Waals surface area contributed by atoms with Crippen molar-refractivity contribution in [1.82, 2.24) is 4.90 Å². The van der Waals surface area contributed by atoms with E-state index in [1.165, 1.54) is 5.56 Å². The van der Waals surface area contributed by atoms with Crippen LogP contribution in [0.1, 0.15) is 11.5 Å². The summed E-state index contributed by atoms with van der Waals surface area (Å²) in [6, 6.07) is 8.25. The van der Waals surface area contributed by atoms with E-state index in [9.17, 15) is 0 Å². The molecule has 0 saturated carbocycles. The van der Waals surface area contributed by atoms with Crippen LogP contribution in [0.4, 0.5) is 0 Å². The lowest BCUT2D eigenvalue weighted by Crippen LogP contribution is -2.27. The van der Waals surface area contributed by atoms with Crippen LogP contribution in [-0.4, -0.2) is 31.1 Å². The predicted octanol–water partition coefficient (Wildman–Crippen LogP) is 1.70. The van der Waals surface area contributed by atoms with Crippen molar-refractivity contribution in [2.24, 2.45) is 5.73 Å². The number of nitrogens with two attached hydrogens (primary N) is 1. The third kappa shape index (κ3) is 1.92. The Morgan fingerprint density at radius 3 is 2.79 bits per heavy atom. The van der Waals surface area contributed by atoms with Gasteiger partial charge < -0.3 is 10.6 Å². The number of benzene rings is 1. The first kappa shape index (κ1) is 9.97. The van der Waals surface area contributed by atoms with E-state index in [1.807, 2.05) is 18.2 Å². The first-order chi connectivity index (χ1) is 6.66. The highest BCUT2D eigenvalue weighted by Crippen LogP contribution is 2.27. The number of likely N-dealkylation sites (tertiary alicyclic amines) is 1. The van der Waals surface area contributed by atoms with E-state index in [0.717, 1.165) is 18.1 Å². The molecular formula is C11H15ClN2. The summed E-state index contributed by atoms with van der Waals surface area (Å²) in [5.74, 6) is 0.429. The fraction of sp³-hybridized carbons (Fsp3) is 0.455. The highest BCUT2D eigenvalue weighted by Gasteiger charge is 2.28. The van der Waals surface area contributed by atoms with Crippen molar-refractivity contribution in [2.75, 3.05) is 20.1 Å². The minimum Gasteiger partial charge on any atom is -0.326 e. The van der Waals surface area contributed by atoms with E-state index in [0.29, 0.717) is 5.92 Å². The number of hydrogen-bond acceptors (Lipinski definition) is 2. The molecule has 1 aromatic carbocycles. The van der Waals surface area contributed by atoms with E-state index in [-0.39, 0.29) is 6.04 Å². The number of hydrogen-bond donors (Lipinski definition) is 1. The molecule has 76 valence electrons. The summed E-state index contributed by atoms with van der Waals surface area (Å²) < 4.78 is 0. The highest BCUT2D eigenvalue weighted by atomic mass is 35.5. The maximum atomic E-state index is 6.07. The minimum atomic E-state index is 0.235. The van der Waals surface area contributed by atoms with Gasteiger partial charge in [-0.15, -0.1) is 0 Å². The predicted molar refractivity (Wildman–Crippen MR) is 59.7 cm³/mol. The van der Waals surface area contributed by atoms with Gasteiger partial charge in [-0.1, -0.05) is 23.7 Å². The van der Waals surface area contributed by atoms with Crippen molar-refractivity contribution < 1.29 is 0 Å². The molecule has 1 heterocycles. The third-order valence-corrected chi connectivity index (χ3v) is 3.06. The van der Waals surface area contributed by atoms with Crippen LogP contribution in [0.15, 0.2) is 24.3 Å². The van der Waals surface area contributed by atoms with E-state index in [4.69, 9.17) is 17.3 Å². The maximum Gasteiger partial charge on any atom is 0.0408 e. The average molecular weight is 211 g/mol. The standard InChI is InChI=1S/C11H15ClN2/c1-14-6-10(11(13)7-14)8-3-2-4-9(12)5-8/h2-5,10-11H,6-7,13H2,1H3/t10-,11-/m0/s1. The quantitative estimate of drug-likeness (QED) is 0.765.